The lowest BCUT2D eigenvalue weighted by Gasteiger charge is -2.23. The summed E-state index contributed by atoms with van der Waals surface area (Å²) in [7, 11) is 2.03. The Morgan fingerprint density at radius 3 is 2.86 bits per heavy atom. The Morgan fingerprint density at radius 1 is 1.52 bits per heavy atom. The Kier molecular flexibility index (Phi) is 7.11. The maximum Gasteiger partial charge on any atom is 0.328 e. The molecule has 116 valence electrons. The molecule has 0 aliphatic rings. The van der Waals surface area contributed by atoms with Crippen LogP contribution in [0.4, 0.5) is 0 Å². The second-order valence-corrected chi connectivity index (χ2v) is 5.79. The normalized spacial score (nSPS) is 12.8. The van der Waals surface area contributed by atoms with Gasteiger partial charge in [-0.2, -0.15) is 0 Å². The Hall–Kier alpha value is -1.66. The molecule has 5 nitrogen and oxygen atoms in total. The fourth-order valence-corrected chi connectivity index (χ4v) is 2.56. The Balaban J connectivity index is 2.53. The van der Waals surface area contributed by atoms with Crippen LogP contribution in [0.3, 0.4) is 0 Å². The van der Waals surface area contributed by atoms with Crippen molar-refractivity contribution in [1.82, 2.24) is 10.2 Å². The molecule has 1 aromatic heterocycles. The molecule has 2 N–H and O–H groups in total. The number of hydrogen-bond acceptors (Lipinski definition) is 4. The average molecular weight is 310 g/mol. The highest BCUT2D eigenvalue weighted by atomic mass is 32.1. The lowest BCUT2D eigenvalue weighted by Crippen LogP contribution is -2.37. The zero-order chi connectivity index (χ0) is 15.8. The van der Waals surface area contributed by atoms with Crippen LogP contribution in [0.5, 0.6) is 0 Å². The molecule has 0 radical (unpaired) electrons. The first-order valence-corrected chi connectivity index (χ1v) is 7.80. The maximum atomic E-state index is 12.1. The van der Waals surface area contributed by atoms with Gasteiger partial charge in [0.05, 0.1) is 4.88 Å². The fourth-order valence-electron chi connectivity index (χ4n) is 1.75. The van der Waals surface area contributed by atoms with Gasteiger partial charge < -0.3 is 15.3 Å². The minimum absolute atomic E-state index is 0.160. The highest BCUT2D eigenvalue weighted by Crippen LogP contribution is 2.18. The molecular weight excluding hydrogens is 288 g/mol. The van der Waals surface area contributed by atoms with E-state index in [4.69, 9.17) is 5.11 Å². The van der Waals surface area contributed by atoms with E-state index in [-0.39, 0.29) is 5.91 Å². The van der Waals surface area contributed by atoms with Crippen molar-refractivity contribution in [2.75, 3.05) is 20.1 Å². The van der Waals surface area contributed by atoms with E-state index in [0.29, 0.717) is 23.0 Å². The number of nitrogens with one attached hydrogen (secondary N) is 1. The van der Waals surface area contributed by atoms with Crippen LogP contribution in [0.25, 0.3) is 6.08 Å². The number of hydrogen-bond donors (Lipinski definition) is 2. The van der Waals surface area contributed by atoms with Gasteiger partial charge in [-0.1, -0.05) is 6.92 Å². The van der Waals surface area contributed by atoms with E-state index in [9.17, 15) is 9.59 Å². The van der Waals surface area contributed by atoms with E-state index in [1.807, 2.05) is 7.05 Å². The van der Waals surface area contributed by atoms with Crippen molar-refractivity contribution in [1.29, 1.82) is 0 Å². The van der Waals surface area contributed by atoms with Crippen LogP contribution in [0.1, 0.15) is 35.5 Å². The minimum Gasteiger partial charge on any atom is -0.478 e. The molecule has 0 bridgehead atoms. The fraction of sp³-hybridized carbons (Fsp3) is 0.467. The van der Waals surface area contributed by atoms with Gasteiger partial charge in [0, 0.05) is 25.2 Å². The van der Waals surface area contributed by atoms with E-state index in [2.05, 4.69) is 24.1 Å². The van der Waals surface area contributed by atoms with Gasteiger partial charge in [-0.25, -0.2) is 4.79 Å². The van der Waals surface area contributed by atoms with Crippen LogP contribution in [-0.2, 0) is 4.79 Å². The van der Waals surface area contributed by atoms with Crippen LogP contribution < -0.4 is 5.32 Å². The molecular formula is C15H22N2O3S. The molecule has 0 fully saturated rings. The highest BCUT2D eigenvalue weighted by Gasteiger charge is 2.12. The summed E-state index contributed by atoms with van der Waals surface area (Å²) >= 11 is 1.31. The third kappa shape index (κ3) is 5.69. The molecule has 1 unspecified atom stereocenters. The van der Waals surface area contributed by atoms with Crippen molar-refractivity contribution in [3.05, 3.63) is 28.0 Å². The van der Waals surface area contributed by atoms with Gasteiger partial charge in [0.1, 0.15) is 0 Å². The van der Waals surface area contributed by atoms with E-state index in [1.165, 1.54) is 17.4 Å². The summed E-state index contributed by atoms with van der Waals surface area (Å²) in [6, 6.07) is 2.22. The minimum atomic E-state index is -1.03. The Bertz CT molecular complexity index is 511. The summed E-state index contributed by atoms with van der Waals surface area (Å²) in [6.45, 7) is 5.63. The zero-order valence-electron chi connectivity index (χ0n) is 12.6. The first kappa shape index (κ1) is 17.4. The molecule has 0 aliphatic carbocycles. The molecule has 0 saturated heterocycles. The van der Waals surface area contributed by atoms with Crippen LogP contribution >= 0.6 is 11.3 Å². The summed E-state index contributed by atoms with van der Waals surface area (Å²) in [6.07, 6.45) is 3.55. The molecule has 6 heteroatoms. The van der Waals surface area contributed by atoms with Crippen LogP contribution in [-0.4, -0.2) is 48.1 Å². The molecule has 1 heterocycles. The van der Waals surface area contributed by atoms with E-state index >= 15 is 0 Å². The van der Waals surface area contributed by atoms with Gasteiger partial charge in [-0.05, 0) is 43.5 Å². The number of amides is 1. The van der Waals surface area contributed by atoms with E-state index < -0.39 is 5.97 Å². The Labute approximate surface area is 129 Å². The van der Waals surface area contributed by atoms with Crippen LogP contribution in [0.15, 0.2) is 17.5 Å². The van der Waals surface area contributed by atoms with E-state index in [1.54, 1.807) is 11.4 Å². The number of likely N-dealkylation sites (N-methyl/N-ethyl adjacent to an activating group) is 1. The SMILES string of the molecule is CCC(C)N(C)CCNC(=O)c1sccc1/C=C/C(=O)O. The second-order valence-electron chi connectivity index (χ2n) is 4.87. The molecule has 1 rings (SSSR count). The maximum absolute atomic E-state index is 12.1. The third-order valence-electron chi connectivity index (χ3n) is 3.40. The topological polar surface area (TPSA) is 69.6 Å². The number of carboxylic acid groups (broad SMARTS) is 1. The number of nitrogens with zero attached hydrogens (tertiary/aromatic N) is 1. The number of carbonyl (C=O) groups is 2. The standard InChI is InChI=1S/C15H22N2O3S/c1-4-11(2)17(3)9-8-16-15(20)14-12(7-10-21-14)5-6-13(18)19/h5-7,10-11H,4,8-9H2,1-3H3,(H,16,20)(H,18,19)/b6-5+. The molecule has 1 aromatic rings. The average Bonchev–Trinajstić information content (AvgIpc) is 2.92. The monoisotopic (exact) mass is 310 g/mol. The van der Waals surface area contributed by atoms with Gasteiger partial charge in [-0.3, -0.25) is 4.79 Å². The zero-order valence-corrected chi connectivity index (χ0v) is 13.4. The lowest BCUT2D eigenvalue weighted by molar-refractivity contribution is -0.131. The number of aliphatic carboxylic acids is 1. The van der Waals surface area contributed by atoms with Crippen molar-refractivity contribution in [3.8, 4) is 0 Å². The summed E-state index contributed by atoms with van der Waals surface area (Å²) < 4.78 is 0. The van der Waals surface area contributed by atoms with Gasteiger partial charge in [0.15, 0.2) is 0 Å². The summed E-state index contributed by atoms with van der Waals surface area (Å²) in [5.74, 6) is -1.18. The molecule has 0 saturated carbocycles. The first-order chi connectivity index (χ1) is 9.95. The molecule has 21 heavy (non-hydrogen) atoms. The number of thiophene rings is 1. The molecule has 0 spiro atoms. The van der Waals surface area contributed by atoms with Gasteiger partial charge >= 0.3 is 5.97 Å². The largest absolute Gasteiger partial charge is 0.478 e. The quantitative estimate of drug-likeness (QED) is 0.723. The van der Waals surface area contributed by atoms with Gasteiger partial charge in [0.25, 0.3) is 5.91 Å². The predicted octanol–water partition coefficient (Wildman–Crippen LogP) is 2.31. The summed E-state index contributed by atoms with van der Waals surface area (Å²) in [5.41, 5.74) is 0.634. The van der Waals surface area contributed by atoms with Crippen molar-refractivity contribution in [3.63, 3.8) is 0 Å². The van der Waals surface area contributed by atoms with Crippen molar-refractivity contribution >= 4 is 29.3 Å². The summed E-state index contributed by atoms with van der Waals surface area (Å²) in [4.78, 5) is 25.4. The van der Waals surface area contributed by atoms with Crippen molar-refractivity contribution in [2.24, 2.45) is 0 Å². The van der Waals surface area contributed by atoms with Gasteiger partial charge in [-0.15, -0.1) is 11.3 Å². The van der Waals surface area contributed by atoms with Crippen LogP contribution in [0.2, 0.25) is 0 Å². The van der Waals surface area contributed by atoms with Gasteiger partial charge in [0.2, 0.25) is 0 Å². The molecule has 0 aliphatic heterocycles. The van der Waals surface area contributed by atoms with Crippen molar-refractivity contribution < 1.29 is 14.7 Å². The lowest BCUT2D eigenvalue weighted by atomic mass is 10.2. The number of carbonyl (C=O) groups excluding carboxylic acids is 1. The first-order valence-electron chi connectivity index (χ1n) is 6.92. The third-order valence-corrected chi connectivity index (χ3v) is 4.33. The molecule has 0 aromatic carbocycles. The molecule has 1 atom stereocenters. The number of rotatable bonds is 8. The van der Waals surface area contributed by atoms with E-state index in [0.717, 1.165) is 19.0 Å². The van der Waals surface area contributed by atoms with Crippen LogP contribution in [0, 0.1) is 0 Å². The summed E-state index contributed by atoms with van der Waals surface area (Å²) in [5, 5.41) is 13.3. The Morgan fingerprint density at radius 2 is 2.24 bits per heavy atom. The number of carboxylic acids is 1. The van der Waals surface area contributed by atoms with Crippen molar-refractivity contribution in [2.45, 2.75) is 26.3 Å². The smallest absolute Gasteiger partial charge is 0.328 e. The second kappa shape index (κ2) is 8.59. The predicted molar refractivity (Wildman–Crippen MR) is 85.7 cm³/mol. The highest BCUT2D eigenvalue weighted by molar-refractivity contribution is 7.12. The molecule has 1 amide bonds.